The van der Waals surface area contributed by atoms with E-state index in [0.717, 1.165) is 5.57 Å². The monoisotopic (exact) mass is 452 g/mol. The molecule has 1 aliphatic heterocycles. The van der Waals surface area contributed by atoms with E-state index in [-0.39, 0.29) is 23.2 Å². The van der Waals surface area contributed by atoms with E-state index in [0.29, 0.717) is 30.6 Å². The Morgan fingerprint density at radius 3 is 2.48 bits per heavy atom. The fourth-order valence-electron chi connectivity index (χ4n) is 6.10. The fourth-order valence-corrected chi connectivity index (χ4v) is 6.10. The van der Waals surface area contributed by atoms with E-state index < -0.39 is 29.6 Å². The molecule has 1 aromatic rings. The first-order chi connectivity index (χ1) is 15.6. The van der Waals surface area contributed by atoms with Crippen molar-refractivity contribution in [1.29, 1.82) is 0 Å². The van der Waals surface area contributed by atoms with Gasteiger partial charge in [-0.25, -0.2) is 14.4 Å². The molecule has 0 aromatic heterocycles. The Morgan fingerprint density at radius 2 is 1.82 bits per heavy atom. The number of carbonyl (C=O) groups is 3. The zero-order valence-electron chi connectivity index (χ0n) is 19.9. The number of hydrogen-bond donors (Lipinski definition) is 0. The summed E-state index contributed by atoms with van der Waals surface area (Å²) in [6, 6.07) is 8.81. The lowest BCUT2D eigenvalue weighted by Crippen LogP contribution is -2.61. The normalized spacial score (nSPS) is 32.7. The maximum absolute atomic E-state index is 13.0. The lowest BCUT2D eigenvalue weighted by molar-refractivity contribution is -0.199. The standard InChI is InChI=1S/C27H32O6/c1-6-16(2)23(28)33-22-20(32-24(29)17-10-8-7-9-11-17)14-27(5)19-15-31-25(30)18(19)12-13-21(27)26(22,3)4/h6-12,19-22H,13-15H2,1-5H3/b16-6-/t19?,20-,21?,22+,27-/m1/s1. The minimum Gasteiger partial charge on any atom is -0.462 e. The highest BCUT2D eigenvalue weighted by Crippen LogP contribution is 2.62. The molecule has 0 bridgehead atoms. The fraction of sp³-hybridized carbons (Fsp3) is 0.519. The van der Waals surface area contributed by atoms with Gasteiger partial charge in [-0.1, -0.05) is 51.1 Å². The molecule has 5 atom stereocenters. The van der Waals surface area contributed by atoms with Crippen LogP contribution in [0, 0.1) is 22.7 Å². The molecule has 6 heteroatoms. The van der Waals surface area contributed by atoms with Crippen molar-refractivity contribution >= 4 is 17.9 Å². The van der Waals surface area contributed by atoms with Crippen molar-refractivity contribution in [2.24, 2.45) is 22.7 Å². The molecule has 6 nitrogen and oxygen atoms in total. The van der Waals surface area contributed by atoms with E-state index in [9.17, 15) is 14.4 Å². The number of hydrogen-bond acceptors (Lipinski definition) is 6. The van der Waals surface area contributed by atoms with Crippen molar-refractivity contribution in [2.45, 2.75) is 59.7 Å². The number of fused-ring (bicyclic) bond motifs is 3. The summed E-state index contributed by atoms with van der Waals surface area (Å²) < 4.78 is 17.5. The zero-order valence-corrected chi connectivity index (χ0v) is 19.9. The van der Waals surface area contributed by atoms with Crippen LogP contribution in [0.1, 0.15) is 57.8 Å². The molecule has 4 rings (SSSR count). The first kappa shape index (κ1) is 23.3. The highest BCUT2D eigenvalue weighted by Gasteiger charge is 2.63. The van der Waals surface area contributed by atoms with Crippen molar-refractivity contribution in [1.82, 2.24) is 0 Å². The second-order valence-electron chi connectivity index (χ2n) is 10.2. The van der Waals surface area contributed by atoms with Crippen LogP contribution >= 0.6 is 0 Å². The van der Waals surface area contributed by atoms with E-state index >= 15 is 0 Å². The van der Waals surface area contributed by atoms with Crippen molar-refractivity contribution in [3.63, 3.8) is 0 Å². The number of cyclic esters (lactones) is 1. The second kappa shape index (κ2) is 8.47. The van der Waals surface area contributed by atoms with Crippen LogP contribution in [-0.4, -0.2) is 36.7 Å². The lowest BCUT2D eigenvalue weighted by atomic mass is 9.47. The minimum absolute atomic E-state index is 0.0742. The van der Waals surface area contributed by atoms with E-state index in [2.05, 4.69) is 20.8 Å². The van der Waals surface area contributed by atoms with Crippen LogP contribution in [0.2, 0.25) is 0 Å². The molecule has 0 spiro atoms. The summed E-state index contributed by atoms with van der Waals surface area (Å²) in [7, 11) is 0. The SMILES string of the molecule is C/C=C(/C)C(=O)O[C@H]1[C@H](OC(=O)c2ccccc2)C[C@]2(C)C3COC(=O)C3=CCC2C1(C)C. The van der Waals surface area contributed by atoms with Gasteiger partial charge in [-0.05, 0) is 50.2 Å². The molecule has 33 heavy (non-hydrogen) atoms. The summed E-state index contributed by atoms with van der Waals surface area (Å²) >= 11 is 0. The Kier molecular flexibility index (Phi) is 5.97. The molecule has 0 radical (unpaired) electrons. The molecule has 2 unspecified atom stereocenters. The quantitative estimate of drug-likeness (QED) is 0.376. The van der Waals surface area contributed by atoms with Crippen LogP contribution in [0.15, 0.2) is 53.6 Å². The van der Waals surface area contributed by atoms with Crippen LogP contribution in [0.4, 0.5) is 0 Å². The van der Waals surface area contributed by atoms with Gasteiger partial charge >= 0.3 is 17.9 Å². The molecule has 2 fully saturated rings. The van der Waals surface area contributed by atoms with E-state index in [4.69, 9.17) is 14.2 Å². The van der Waals surface area contributed by atoms with Gasteiger partial charge in [0.2, 0.25) is 0 Å². The molecule has 2 aliphatic carbocycles. The number of rotatable bonds is 4. The summed E-state index contributed by atoms with van der Waals surface area (Å²) in [5.41, 5.74) is 0.818. The predicted molar refractivity (Wildman–Crippen MR) is 122 cm³/mol. The molecule has 1 heterocycles. The third-order valence-electron chi connectivity index (χ3n) is 8.02. The molecule has 3 aliphatic rings. The van der Waals surface area contributed by atoms with Gasteiger partial charge < -0.3 is 14.2 Å². The predicted octanol–water partition coefficient (Wildman–Crippen LogP) is 4.65. The zero-order chi connectivity index (χ0) is 24.0. The first-order valence-electron chi connectivity index (χ1n) is 11.6. The smallest absolute Gasteiger partial charge is 0.338 e. The molecule has 0 N–H and O–H groups in total. The van der Waals surface area contributed by atoms with Crippen LogP contribution < -0.4 is 0 Å². The highest BCUT2D eigenvalue weighted by molar-refractivity contribution is 5.92. The van der Waals surface area contributed by atoms with Crippen LogP contribution in [0.5, 0.6) is 0 Å². The Labute approximate surface area is 195 Å². The average molecular weight is 453 g/mol. The third kappa shape index (κ3) is 3.90. The van der Waals surface area contributed by atoms with Gasteiger partial charge in [-0.3, -0.25) is 0 Å². The molecule has 1 saturated heterocycles. The summed E-state index contributed by atoms with van der Waals surface area (Å²) in [6.45, 7) is 10.1. The third-order valence-corrected chi connectivity index (χ3v) is 8.02. The summed E-state index contributed by atoms with van der Waals surface area (Å²) in [5.74, 6) is -1.08. The Hall–Kier alpha value is -2.89. The molecule has 1 aromatic carbocycles. The molecule has 0 amide bonds. The van der Waals surface area contributed by atoms with Crippen LogP contribution in [-0.2, 0) is 23.8 Å². The van der Waals surface area contributed by atoms with Gasteiger partial charge in [0, 0.05) is 22.5 Å². The van der Waals surface area contributed by atoms with Crippen molar-refractivity contribution in [3.8, 4) is 0 Å². The van der Waals surface area contributed by atoms with Crippen molar-refractivity contribution in [3.05, 3.63) is 59.2 Å². The Bertz CT molecular complexity index is 1020. The van der Waals surface area contributed by atoms with E-state index in [1.807, 2.05) is 12.1 Å². The average Bonchev–Trinajstić information content (AvgIpc) is 3.18. The van der Waals surface area contributed by atoms with E-state index in [1.54, 1.807) is 44.2 Å². The number of carbonyl (C=O) groups excluding carboxylic acids is 3. The van der Waals surface area contributed by atoms with Crippen LogP contribution in [0.3, 0.4) is 0 Å². The summed E-state index contributed by atoms with van der Waals surface area (Å²) in [5, 5.41) is 0. The summed E-state index contributed by atoms with van der Waals surface area (Å²) in [6.07, 6.45) is 3.58. The van der Waals surface area contributed by atoms with Crippen LogP contribution in [0.25, 0.3) is 0 Å². The number of allylic oxidation sites excluding steroid dienone is 2. The number of ether oxygens (including phenoxy) is 3. The van der Waals surface area contributed by atoms with Gasteiger partial charge in [0.05, 0.1) is 12.2 Å². The largest absolute Gasteiger partial charge is 0.462 e. The van der Waals surface area contributed by atoms with Gasteiger partial charge in [0.15, 0.2) is 0 Å². The highest BCUT2D eigenvalue weighted by atomic mass is 16.6. The molecule has 1 saturated carbocycles. The minimum atomic E-state index is -0.655. The number of esters is 3. The number of benzene rings is 1. The Balaban J connectivity index is 1.72. The second-order valence-corrected chi connectivity index (χ2v) is 10.2. The van der Waals surface area contributed by atoms with Crippen molar-refractivity contribution < 1.29 is 28.6 Å². The maximum Gasteiger partial charge on any atom is 0.338 e. The summed E-state index contributed by atoms with van der Waals surface area (Å²) in [4.78, 5) is 38.1. The lowest BCUT2D eigenvalue weighted by Gasteiger charge is -2.59. The topological polar surface area (TPSA) is 78.9 Å². The molecular weight excluding hydrogens is 420 g/mol. The van der Waals surface area contributed by atoms with Gasteiger partial charge in [-0.15, -0.1) is 0 Å². The maximum atomic E-state index is 13.0. The van der Waals surface area contributed by atoms with Gasteiger partial charge in [0.1, 0.15) is 12.2 Å². The van der Waals surface area contributed by atoms with E-state index in [1.165, 1.54) is 0 Å². The molecule has 176 valence electrons. The Morgan fingerprint density at radius 1 is 1.12 bits per heavy atom. The van der Waals surface area contributed by atoms with Gasteiger partial charge in [-0.2, -0.15) is 0 Å². The van der Waals surface area contributed by atoms with Gasteiger partial charge in [0.25, 0.3) is 0 Å². The first-order valence-corrected chi connectivity index (χ1v) is 11.6. The molecular formula is C27H32O6. The van der Waals surface area contributed by atoms with Crippen molar-refractivity contribution in [2.75, 3.05) is 6.61 Å².